The van der Waals surface area contributed by atoms with Crippen molar-refractivity contribution < 1.29 is 19.6 Å². The van der Waals surface area contributed by atoms with E-state index in [1.807, 2.05) is 0 Å². The van der Waals surface area contributed by atoms with E-state index in [2.05, 4.69) is 5.32 Å². The van der Waals surface area contributed by atoms with Crippen LogP contribution in [0, 0.1) is 17.0 Å². The molecule has 8 nitrogen and oxygen atoms in total. The molecular weight excluding hydrogens is 278 g/mol. The van der Waals surface area contributed by atoms with Gasteiger partial charge in [-0.25, -0.2) is 9.59 Å². The fourth-order valence-electron chi connectivity index (χ4n) is 2.36. The van der Waals surface area contributed by atoms with Gasteiger partial charge >= 0.3 is 12.0 Å². The maximum absolute atomic E-state index is 12.1. The van der Waals surface area contributed by atoms with Crippen LogP contribution in [0.2, 0.25) is 0 Å². The smallest absolute Gasteiger partial charge is 0.326 e. The molecule has 0 aliphatic carbocycles. The Morgan fingerprint density at radius 3 is 2.76 bits per heavy atom. The number of rotatable bonds is 3. The van der Waals surface area contributed by atoms with Crippen LogP contribution in [0.4, 0.5) is 16.2 Å². The third-order valence-electron chi connectivity index (χ3n) is 3.46. The lowest BCUT2D eigenvalue weighted by Crippen LogP contribution is -2.42. The molecule has 2 N–H and O–H groups in total. The number of nitrogens with zero attached hydrogens (tertiary/aromatic N) is 2. The van der Waals surface area contributed by atoms with E-state index in [9.17, 15) is 19.7 Å². The summed E-state index contributed by atoms with van der Waals surface area (Å²) < 4.78 is 0. The van der Waals surface area contributed by atoms with E-state index in [1.165, 1.54) is 23.1 Å². The van der Waals surface area contributed by atoms with Crippen LogP contribution >= 0.6 is 0 Å². The van der Waals surface area contributed by atoms with Crippen molar-refractivity contribution in [1.82, 2.24) is 4.90 Å². The molecule has 1 heterocycles. The Morgan fingerprint density at radius 1 is 1.48 bits per heavy atom. The quantitative estimate of drug-likeness (QED) is 0.653. The lowest BCUT2D eigenvalue weighted by atomic mass is 10.2. The molecular formula is C13H15N3O5. The van der Waals surface area contributed by atoms with Gasteiger partial charge in [0.25, 0.3) is 5.69 Å². The van der Waals surface area contributed by atoms with Gasteiger partial charge in [0, 0.05) is 24.4 Å². The number of non-ortho nitro benzene ring substituents is 1. The number of anilines is 1. The molecule has 0 unspecified atom stereocenters. The molecule has 112 valence electrons. The second-order valence-electron chi connectivity index (χ2n) is 4.88. The van der Waals surface area contributed by atoms with E-state index in [1.54, 1.807) is 6.92 Å². The Morgan fingerprint density at radius 2 is 2.19 bits per heavy atom. The predicted octanol–water partition coefficient (Wildman–Crippen LogP) is 1.98. The zero-order chi connectivity index (χ0) is 15.6. The number of aliphatic carboxylic acids is 1. The van der Waals surface area contributed by atoms with Crippen LogP contribution in [0.1, 0.15) is 18.4 Å². The number of urea groups is 1. The molecule has 2 amide bonds. The van der Waals surface area contributed by atoms with Crippen molar-refractivity contribution in [1.29, 1.82) is 0 Å². The van der Waals surface area contributed by atoms with Gasteiger partial charge in [-0.3, -0.25) is 10.1 Å². The number of nitrogens with one attached hydrogen (secondary N) is 1. The molecule has 0 aromatic heterocycles. The van der Waals surface area contributed by atoms with Crippen molar-refractivity contribution in [3.63, 3.8) is 0 Å². The summed E-state index contributed by atoms with van der Waals surface area (Å²) in [6, 6.07) is 2.77. The highest BCUT2D eigenvalue weighted by atomic mass is 16.6. The number of hydrogen-bond acceptors (Lipinski definition) is 4. The van der Waals surface area contributed by atoms with Crippen LogP contribution in [0.15, 0.2) is 18.2 Å². The van der Waals surface area contributed by atoms with Crippen LogP contribution in [0.3, 0.4) is 0 Å². The van der Waals surface area contributed by atoms with E-state index < -0.39 is 23.0 Å². The molecule has 0 spiro atoms. The molecule has 0 saturated carbocycles. The zero-order valence-corrected chi connectivity index (χ0v) is 11.4. The Kier molecular flexibility index (Phi) is 4.06. The van der Waals surface area contributed by atoms with Gasteiger partial charge in [-0.15, -0.1) is 0 Å². The highest BCUT2D eigenvalue weighted by molar-refractivity contribution is 5.93. The summed E-state index contributed by atoms with van der Waals surface area (Å²) in [5.41, 5.74) is 0.917. The van der Waals surface area contributed by atoms with Gasteiger partial charge in [-0.1, -0.05) is 0 Å². The second kappa shape index (κ2) is 5.78. The summed E-state index contributed by atoms with van der Waals surface area (Å²) in [4.78, 5) is 34.6. The van der Waals surface area contributed by atoms with Crippen molar-refractivity contribution in [3.05, 3.63) is 33.9 Å². The molecule has 1 fully saturated rings. The summed E-state index contributed by atoms with van der Waals surface area (Å²) in [5.74, 6) is -1.02. The van der Waals surface area contributed by atoms with Gasteiger partial charge in [0.1, 0.15) is 6.04 Å². The normalized spacial score (nSPS) is 17.6. The minimum atomic E-state index is -1.02. The van der Waals surface area contributed by atoms with Gasteiger partial charge < -0.3 is 15.3 Å². The molecule has 1 aromatic carbocycles. The molecule has 0 bridgehead atoms. The Hall–Kier alpha value is -2.64. The first-order chi connectivity index (χ1) is 9.90. The largest absolute Gasteiger partial charge is 0.480 e. The van der Waals surface area contributed by atoms with E-state index in [0.717, 1.165) is 0 Å². The molecule has 1 aliphatic rings. The fraction of sp³-hybridized carbons (Fsp3) is 0.385. The van der Waals surface area contributed by atoms with Gasteiger partial charge in [0.05, 0.1) is 4.92 Å². The highest BCUT2D eigenvalue weighted by Gasteiger charge is 2.34. The molecule has 1 atom stereocenters. The van der Waals surface area contributed by atoms with Crippen LogP contribution in [-0.4, -0.2) is 39.5 Å². The van der Waals surface area contributed by atoms with Gasteiger partial charge in [0.15, 0.2) is 0 Å². The fourth-order valence-corrected chi connectivity index (χ4v) is 2.36. The number of carbonyl (C=O) groups is 2. The maximum Gasteiger partial charge on any atom is 0.326 e. The first-order valence-electron chi connectivity index (χ1n) is 6.45. The standard InChI is InChI=1S/C13H15N3O5/c1-8-7-9(16(20)21)4-5-10(8)14-13(19)15-6-2-3-11(15)12(17)18/h4-5,7,11H,2-3,6H2,1H3,(H,14,19)(H,17,18)/t11-/m0/s1. The number of carbonyl (C=O) groups excluding carboxylic acids is 1. The van der Waals surface area contributed by atoms with E-state index in [0.29, 0.717) is 30.6 Å². The number of hydrogen-bond donors (Lipinski definition) is 2. The summed E-state index contributed by atoms with van der Waals surface area (Å²) in [7, 11) is 0. The van der Waals surface area contributed by atoms with Crippen molar-refractivity contribution in [2.45, 2.75) is 25.8 Å². The summed E-state index contributed by atoms with van der Waals surface area (Å²) >= 11 is 0. The van der Waals surface area contributed by atoms with Crippen LogP contribution in [0.5, 0.6) is 0 Å². The lowest BCUT2D eigenvalue weighted by molar-refractivity contribution is -0.384. The Labute approximate surface area is 120 Å². The molecule has 2 rings (SSSR count). The van der Waals surface area contributed by atoms with E-state index in [4.69, 9.17) is 5.11 Å². The van der Waals surface area contributed by atoms with Gasteiger partial charge in [0.2, 0.25) is 0 Å². The van der Waals surface area contributed by atoms with Crippen LogP contribution in [-0.2, 0) is 4.79 Å². The molecule has 21 heavy (non-hydrogen) atoms. The maximum atomic E-state index is 12.1. The zero-order valence-electron chi connectivity index (χ0n) is 11.4. The Balaban J connectivity index is 2.13. The number of nitro groups is 1. The predicted molar refractivity (Wildman–Crippen MR) is 74.2 cm³/mol. The van der Waals surface area contributed by atoms with Crippen molar-refractivity contribution in [2.75, 3.05) is 11.9 Å². The average Bonchev–Trinajstić information content (AvgIpc) is 2.90. The van der Waals surface area contributed by atoms with Gasteiger partial charge in [-0.2, -0.15) is 0 Å². The SMILES string of the molecule is Cc1cc([N+](=O)[O-])ccc1NC(=O)N1CCC[C@H]1C(=O)O. The minimum absolute atomic E-state index is 0.0601. The third-order valence-corrected chi connectivity index (χ3v) is 3.46. The number of nitro benzene ring substituents is 1. The van der Waals surface area contributed by atoms with Crippen LogP contribution in [0.25, 0.3) is 0 Å². The number of carboxylic acids is 1. The van der Waals surface area contributed by atoms with E-state index in [-0.39, 0.29) is 5.69 Å². The minimum Gasteiger partial charge on any atom is -0.480 e. The van der Waals surface area contributed by atoms with Crippen molar-refractivity contribution >= 4 is 23.4 Å². The molecule has 1 saturated heterocycles. The molecule has 8 heteroatoms. The first kappa shape index (κ1) is 14.8. The van der Waals surface area contributed by atoms with Gasteiger partial charge in [-0.05, 0) is 31.4 Å². The topological polar surface area (TPSA) is 113 Å². The van der Waals surface area contributed by atoms with Crippen molar-refractivity contribution in [2.24, 2.45) is 0 Å². The third kappa shape index (κ3) is 3.10. The first-order valence-corrected chi connectivity index (χ1v) is 6.45. The number of carboxylic acid groups (broad SMARTS) is 1. The lowest BCUT2D eigenvalue weighted by Gasteiger charge is -2.22. The molecule has 1 aromatic rings. The number of likely N-dealkylation sites (tertiary alicyclic amines) is 1. The van der Waals surface area contributed by atoms with Crippen molar-refractivity contribution in [3.8, 4) is 0 Å². The monoisotopic (exact) mass is 293 g/mol. The number of benzene rings is 1. The molecule has 1 aliphatic heterocycles. The Bertz CT molecular complexity index is 601. The second-order valence-corrected chi connectivity index (χ2v) is 4.88. The summed E-state index contributed by atoms with van der Waals surface area (Å²) in [6.45, 7) is 2.02. The number of aryl methyl sites for hydroxylation is 1. The number of amides is 2. The molecule has 0 radical (unpaired) electrons. The van der Waals surface area contributed by atoms with E-state index >= 15 is 0 Å². The summed E-state index contributed by atoms with van der Waals surface area (Å²) in [5, 5.41) is 22.3. The summed E-state index contributed by atoms with van der Waals surface area (Å²) in [6.07, 6.45) is 1.08. The van der Waals surface area contributed by atoms with Crippen LogP contribution < -0.4 is 5.32 Å². The average molecular weight is 293 g/mol. The highest BCUT2D eigenvalue weighted by Crippen LogP contribution is 2.23.